The number of nitrogens with zero attached hydrogens (tertiary/aromatic N) is 2. The van der Waals surface area contributed by atoms with E-state index in [4.69, 9.17) is 0 Å². The van der Waals surface area contributed by atoms with Crippen LogP contribution in [0.5, 0.6) is 11.5 Å². The van der Waals surface area contributed by atoms with Crippen molar-refractivity contribution in [3.63, 3.8) is 0 Å². The summed E-state index contributed by atoms with van der Waals surface area (Å²) >= 11 is 0. The number of fused-ring (bicyclic) bond motifs is 1. The lowest BCUT2D eigenvalue weighted by atomic mass is 10.0. The van der Waals surface area contributed by atoms with Crippen molar-refractivity contribution in [3.8, 4) is 11.5 Å². The lowest BCUT2D eigenvalue weighted by Crippen LogP contribution is -1.80. The lowest BCUT2D eigenvalue weighted by Gasteiger charge is -2.07. The largest absolute Gasteiger partial charge is 0.506 e. The van der Waals surface area contributed by atoms with E-state index in [9.17, 15) is 10.2 Å². The number of phenols is 2. The van der Waals surface area contributed by atoms with Gasteiger partial charge in [-0.05, 0) is 48.6 Å². The lowest BCUT2D eigenvalue weighted by molar-refractivity contribution is 0.475. The number of azo groups is 1. The molecule has 3 rings (SSSR count). The number of hydrogen-bond acceptors (Lipinski definition) is 4. The summed E-state index contributed by atoms with van der Waals surface area (Å²) in [5.74, 6) is 0.164. The topological polar surface area (TPSA) is 65.2 Å². The first-order valence-corrected chi connectivity index (χ1v) is 6.99. The zero-order valence-corrected chi connectivity index (χ0v) is 12.4. The SMILES string of the molecule is Cc1ccc(N=Nc2cc(C)c3ccccc3c2O)c(O)c1. The Balaban J connectivity index is 2.07. The summed E-state index contributed by atoms with van der Waals surface area (Å²) in [6.07, 6.45) is 0. The Kier molecular flexibility index (Phi) is 3.51. The van der Waals surface area contributed by atoms with Crippen LogP contribution >= 0.6 is 0 Å². The van der Waals surface area contributed by atoms with Crippen LogP contribution in [0, 0.1) is 13.8 Å². The zero-order valence-electron chi connectivity index (χ0n) is 12.4. The predicted molar refractivity (Wildman–Crippen MR) is 87.4 cm³/mol. The van der Waals surface area contributed by atoms with Crippen LogP contribution in [0.25, 0.3) is 10.8 Å². The van der Waals surface area contributed by atoms with E-state index in [1.807, 2.05) is 44.2 Å². The van der Waals surface area contributed by atoms with Crippen molar-refractivity contribution in [1.82, 2.24) is 0 Å². The number of rotatable bonds is 2. The van der Waals surface area contributed by atoms with Crippen molar-refractivity contribution in [2.24, 2.45) is 10.2 Å². The second kappa shape index (κ2) is 5.48. The van der Waals surface area contributed by atoms with Crippen LogP contribution in [0.15, 0.2) is 58.8 Å². The molecule has 0 spiro atoms. The minimum absolute atomic E-state index is 0.0701. The summed E-state index contributed by atoms with van der Waals surface area (Å²) in [7, 11) is 0. The Morgan fingerprint density at radius 1 is 0.773 bits per heavy atom. The van der Waals surface area contributed by atoms with Crippen molar-refractivity contribution >= 4 is 22.1 Å². The van der Waals surface area contributed by atoms with Crippen LogP contribution < -0.4 is 0 Å². The maximum Gasteiger partial charge on any atom is 0.150 e. The fourth-order valence-corrected chi connectivity index (χ4v) is 2.42. The minimum Gasteiger partial charge on any atom is -0.506 e. The van der Waals surface area contributed by atoms with Gasteiger partial charge in [0.05, 0.1) is 0 Å². The van der Waals surface area contributed by atoms with Crippen molar-refractivity contribution in [3.05, 3.63) is 59.7 Å². The van der Waals surface area contributed by atoms with E-state index in [1.165, 1.54) is 0 Å². The normalized spacial score (nSPS) is 11.4. The van der Waals surface area contributed by atoms with Crippen molar-refractivity contribution in [1.29, 1.82) is 0 Å². The first kappa shape index (κ1) is 14.1. The highest BCUT2D eigenvalue weighted by atomic mass is 16.3. The molecule has 0 radical (unpaired) electrons. The van der Waals surface area contributed by atoms with Crippen LogP contribution in [0.3, 0.4) is 0 Å². The molecule has 0 aliphatic heterocycles. The molecular formula is C18H16N2O2. The predicted octanol–water partition coefficient (Wildman–Crippen LogP) is 5.28. The second-order valence-electron chi connectivity index (χ2n) is 5.30. The Labute approximate surface area is 128 Å². The quantitative estimate of drug-likeness (QED) is 0.631. The number of aryl methyl sites for hydroxylation is 2. The van der Waals surface area contributed by atoms with Gasteiger partial charge in [-0.25, -0.2) is 0 Å². The monoisotopic (exact) mass is 292 g/mol. The Morgan fingerprint density at radius 3 is 2.18 bits per heavy atom. The third-order valence-electron chi connectivity index (χ3n) is 3.60. The second-order valence-corrected chi connectivity index (χ2v) is 5.30. The van der Waals surface area contributed by atoms with Crippen LogP contribution in [0.2, 0.25) is 0 Å². The molecule has 2 N–H and O–H groups in total. The van der Waals surface area contributed by atoms with E-state index in [2.05, 4.69) is 10.2 Å². The summed E-state index contributed by atoms with van der Waals surface area (Å²) in [5.41, 5.74) is 2.71. The molecule has 110 valence electrons. The van der Waals surface area contributed by atoms with Crippen LogP contribution in [-0.4, -0.2) is 10.2 Å². The number of aromatic hydroxyl groups is 2. The van der Waals surface area contributed by atoms with Crippen LogP contribution in [-0.2, 0) is 0 Å². The van der Waals surface area contributed by atoms with Gasteiger partial charge in [0.25, 0.3) is 0 Å². The van der Waals surface area contributed by atoms with Gasteiger partial charge in [-0.15, -0.1) is 10.2 Å². The molecule has 0 aliphatic carbocycles. The smallest absolute Gasteiger partial charge is 0.150 e. The highest BCUT2D eigenvalue weighted by molar-refractivity contribution is 5.94. The summed E-state index contributed by atoms with van der Waals surface area (Å²) in [6.45, 7) is 3.85. The third kappa shape index (κ3) is 2.51. The van der Waals surface area contributed by atoms with Gasteiger partial charge in [0.2, 0.25) is 0 Å². The molecule has 0 unspecified atom stereocenters. The van der Waals surface area contributed by atoms with Gasteiger partial charge in [0, 0.05) is 5.39 Å². The van der Waals surface area contributed by atoms with E-state index in [0.717, 1.165) is 21.9 Å². The summed E-state index contributed by atoms with van der Waals surface area (Å²) in [5, 5.41) is 30.1. The fourth-order valence-electron chi connectivity index (χ4n) is 2.42. The molecule has 4 nitrogen and oxygen atoms in total. The molecule has 0 bridgehead atoms. The summed E-state index contributed by atoms with van der Waals surface area (Å²) in [4.78, 5) is 0. The van der Waals surface area contributed by atoms with Crippen molar-refractivity contribution in [2.45, 2.75) is 13.8 Å². The molecule has 3 aromatic rings. The molecule has 0 aliphatic rings. The number of hydrogen-bond donors (Lipinski definition) is 2. The average Bonchev–Trinajstić information content (AvgIpc) is 2.51. The van der Waals surface area contributed by atoms with Gasteiger partial charge < -0.3 is 10.2 Å². The first-order chi connectivity index (χ1) is 10.6. The minimum atomic E-state index is 0.0701. The van der Waals surface area contributed by atoms with E-state index >= 15 is 0 Å². The van der Waals surface area contributed by atoms with Gasteiger partial charge in [-0.3, -0.25) is 0 Å². The standard InChI is InChI=1S/C18H16N2O2/c1-11-7-8-15(17(21)9-11)19-20-16-10-12(2)13-5-3-4-6-14(13)18(16)22/h3-10,21-22H,1-2H3. The Bertz CT molecular complexity index is 886. The van der Waals surface area contributed by atoms with E-state index in [-0.39, 0.29) is 11.5 Å². The summed E-state index contributed by atoms with van der Waals surface area (Å²) < 4.78 is 0. The third-order valence-corrected chi connectivity index (χ3v) is 3.60. The highest BCUT2D eigenvalue weighted by Gasteiger charge is 2.09. The van der Waals surface area contributed by atoms with Gasteiger partial charge in [-0.1, -0.05) is 30.3 Å². The molecule has 0 heterocycles. The molecule has 0 amide bonds. The van der Waals surface area contributed by atoms with Gasteiger partial charge in [0.1, 0.15) is 17.1 Å². The van der Waals surface area contributed by atoms with E-state index in [1.54, 1.807) is 18.2 Å². The van der Waals surface area contributed by atoms with E-state index < -0.39 is 0 Å². The van der Waals surface area contributed by atoms with Crippen LogP contribution in [0.4, 0.5) is 11.4 Å². The van der Waals surface area contributed by atoms with Gasteiger partial charge in [0.15, 0.2) is 5.75 Å². The molecule has 0 aromatic heterocycles. The molecule has 0 fully saturated rings. The summed E-state index contributed by atoms with van der Waals surface area (Å²) in [6, 6.07) is 14.6. The Hall–Kier alpha value is -2.88. The molecule has 4 heteroatoms. The van der Waals surface area contributed by atoms with Crippen molar-refractivity contribution < 1.29 is 10.2 Å². The average molecular weight is 292 g/mol. The molecular weight excluding hydrogens is 276 g/mol. The van der Waals surface area contributed by atoms with Gasteiger partial charge >= 0.3 is 0 Å². The number of phenolic OH excluding ortho intramolecular Hbond substituents is 2. The maximum absolute atomic E-state index is 10.3. The van der Waals surface area contributed by atoms with Crippen molar-refractivity contribution in [2.75, 3.05) is 0 Å². The molecule has 0 atom stereocenters. The fraction of sp³-hybridized carbons (Fsp3) is 0.111. The molecule has 22 heavy (non-hydrogen) atoms. The molecule has 0 saturated carbocycles. The molecule has 3 aromatic carbocycles. The number of benzene rings is 3. The van der Waals surface area contributed by atoms with E-state index in [0.29, 0.717) is 11.4 Å². The van der Waals surface area contributed by atoms with Gasteiger partial charge in [-0.2, -0.15) is 0 Å². The zero-order chi connectivity index (χ0) is 15.7. The Morgan fingerprint density at radius 2 is 1.45 bits per heavy atom. The highest BCUT2D eigenvalue weighted by Crippen LogP contribution is 2.38. The first-order valence-electron chi connectivity index (χ1n) is 6.99. The maximum atomic E-state index is 10.3. The van der Waals surface area contributed by atoms with Crippen LogP contribution in [0.1, 0.15) is 11.1 Å². The molecule has 0 saturated heterocycles.